The Labute approximate surface area is 184 Å². The van der Waals surface area contributed by atoms with Crippen molar-refractivity contribution in [2.45, 2.75) is 78.5 Å². The molecule has 1 aromatic heterocycles. The van der Waals surface area contributed by atoms with E-state index in [0.29, 0.717) is 17.2 Å². The Morgan fingerprint density at radius 3 is 2.55 bits per heavy atom. The summed E-state index contributed by atoms with van der Waals surface area (Å²) in [6.07, 6.45) is 3.45. The molecule has 3 N–H and O–H groups in total. The van der Waals surface area contributed by atoms with Gasteiger partial charge in [-0.1, -0.05) is 6.07 Å². The monoisotopic (exact) mass is 425 g/mol. The number of nitrogens with one attached hydrogen (secondary N) is 2. The lowest BCUT2D eigenvalue weighted by Gasteiger charge is -2.41. The topological polar surface area (TPSA) is 85.4 Å². The van der Waals surface area contributed by atoms with Gasteiger partial charge in [-0.05, 0) is 89.6 Å². The Morgan fingerprint density at radius 1 is 1.26 bits per heavy atom. The number of carbonyl (C=O) groups is 1. The van der Waals surface area contributed by atoms with Gasteiger partial charge in [-0.25, -0.2) is 0 Å². The standard InChI is InChI=1S/C25H35N3O3/c1-6-28(19-10-12-25(5,31)13-11-19)22-9-7-8-20(18(22)4)23(29)26-15-21-16(2)14-17(3)27-24(21)30/h7-9,14,19,31H,6,10-13,15H2,1-5H3,(H,26,29)(H,27,30). The Morgan fingerprint density at radius 2 is 1.94 bits per heavy atom. The molecule has 0 saturated heterocycles. The molecule has 1 aliphatic carbocycles. The van der Waals surface area contributed by atoms with E-state index in [-0.39, 0.29) is 18.0 Å². The molecular weight excluding hydrogens is 390 g/mol. The van der Waals surface area contributed by atoms with E-state index in [1.165, 1.54) is 0 Å². The van der Waals surface area contributed by atoms with Crippen molar-refractivity contribution in [1.82, 2.24) is 10.3 Å². The number of amides is 1. The van der Waals surface area contributed by atoms with Crippen molar-refractivity contribution in [3.05, 3.63) is 62.6 Å². The molecule has 0 atom stereocenters. The first-order chi connectivity index (χ1) is 14.6. The van der Waals surface area contributed by atoms with Gasteiger partial charge in [-0.2, -0.15) is 0 Å². The molecule has 1 amide bonds. The van der Waals surface area contributed by atoms with Crippen molar-refractivity contribution in [3.63, 3.8) is 0 Å². The molecule has 1 heterocycles. The smallest absolute Gasteiger partial charge is 0.253 e. The molecule has 1 aliphatic rings. The van der Waals surface area contributed by atoms with E-state index in [9.17, 15) is 14.7 Å². The Balaban J connectivity index is 1.78. The molecule has 1 fully saturated rings. The fourth-order valence-corrected chi connectivity index (χ4v) is 4.71. The molecule has 1 aromatic carbocycles. The Kier molecular flexibility index (Phi) is 6.90. The highest BCUT2D eigenvalue weighted by Gasteiger charge is 2.32. The predicted molar refractivity (Wildman–Crippen MR) is 125 cm³/mol. The number of rotatable bonds is 6. The molecule has 0 radical (unpaired) electrons. The fourth-order valence-electron chi connectivity index (χ4n) is 4.71. The maximum atomic E-state index is 13.0. The van der Waals surface area contributed by atoms with Crippen LogP contribution in [-0.2, 0) is 6.54 Å². The lowest BCUT2D eigenvalue weighted by molar-refractivity contribution is 0.0171. The highest BCUT2D eigenvalue weighted by Crippen LogP contribution is 2.34. The highest BCUT2D eigenvalue weighted by atomic mass is 16.3. The van der Waals surface area contributed by atoms with E-state index in [1.54, 1.807) is 0 Å². The Bertz CT molecular complexity index is 1000. The van der Waals surface area contributed by atoms with Crippen molar-refractivity contribution >= 4 is 11.6 Å². The molecule has 0 bridgehead atoms. The number of carbonyl (C=O) groups excluding carboxylic acids is 1. The van der Waals surface area contributed by atoms with Gasteiger partial charge in [0.25, 0.3) is 11.5 Å². The summed E-state index contributed by atoms with van der Waals surface area (Å²) in [5, 5.41) is 13.2. The van der Waals surface area contributed by atoms with Crippen molar-refractivity contribution in [1.29, 1.82) is 0 Å². The van der Waals surface area contributed by atoms with E-state index in [0.717, 1.165) is 54.7 Å². The van der Waals surface area contributed by atoms with Crippen LogP contribution in [0, 0.1) is 20.8 Å². The molecule has 0 unspecified atom stereocenters. The third-order valence-corrected chi connectivity index (χ3v) is 6.59. The zero-order valence-corrected chi connectivity index (χ0v) is 19.3. The summed E-state index contributed by atoms with van der Waals surface area (Å²) in [5.74, 6) is -0.179. The van der Waals surface area contributed by atoms with Crippen LogP contribution in [0.3, 0.4) is 0 Å². The number of hydrogen-bond donors (Lipinski definition) is 3. The first kappa shape index (κ1) is 23.1. The van der Waals surface area contributed by atoms with Crippen LogP contribution < -0.4 is 15.8 Å². The van der Waals surface area contributed by atoms with Gasteiger partial charge < -0.3 is 20.3 Å². The molecule has 6 nitrogen and oxygen atoms in total. The summed E-state index contributed by atoms with van der Waals surface area (Å²) in [6.45, 7) is 10.8. The number of pyridine rings is 1. The maximum absolute atomic E-state index is 13.0. The van der Waals surface area contributed by atoms with Crippen LogP contribution in [0.1, 0.15) is 72.3 Å². The lowest BCUT2D eigenvalue weighted by Crippen LogP contribution is -2.43. The number of aryl methyl sites for hydroxylation is 2. The first-order valence-electron chi connectivity index (χ1n) is 11.2. The SMILES string of the molecule is CCN(c1cccc(C(=O)NCc2c(C)cc(C)[nH]c2=O)c1C)C1CCC(C)(O)CC1. The van der Waals surface area contributed by atoms with Crippen molar-refractivity contribution in [2.24, 2.45) is 0 Å². The number of H-pyrrole nitrogens is 1. The number of hydrogen-bond acceptors (Lipinski definition) is 4. The number of aliphatic hydroxyl groups is 1. The van der Waals surface area contributed by atoms with Gasteiger partial charge in [-0.15, -0.1) is 0 Å². The number of nitrogens with zero attached hydrogens (tertiary/aromatic N) is 1. The minimum atomic E-state index is -0.571. The van der Waals surface area contributed by atoms with Gasteiger partial charge in [0, 0.05) is 41.6 Å². The third-order valence-electron chi connectivity index (χ3n) is 6.59. The van der Waals surface area contributed by atoms with Crippen molar-refractivity contribution in [3.8, 4) is 0 Å². The van der Waals surface area contributed by atoms with Crippen molar-refractivity contribution in [2.75, 3.05) is 11.4 Å². The first-order valence-corrected chi connectivity index (χ1v) is 11.2. The average Bonchev–Trinajstić information content (AvgIpc) is 2.69. The van der Waals surface area contributed by atoms with Gasteiger partial charge in [0.2, 0.25) is 0 Å². The quantitative estimate of drug-likeness (QED) is 0.658. The zero-order valence-electron chi connectivity index (χ0n) is 19.3. The molecular formula is C25H35N3O3. The second-order valence-electron chi connectivity index (χ2n) is 9.09. The van der Waals surface area contributed by atoms with Gasteiger partial charge >= 0.3 is 0 Å². The van der Waals surface area contributed by atoms with Gasteiger partial charge in [0.1, 0.15) is 0 Å². The second kappa shape index (κ2) is 9.27. The van der Waals surface area contributed by atoms with E-state index in [2.05, 4.69) is 28.2 Å². The normalized spacial score (nSPS) is 21.0. The molecule has 31 heavy (non-hydrogen) atoms. The summed E-state index contributed by atoms with van der Waals surface area (Å²) < 4.78 is 0. The minimum Gasteiger partial charge on any atom is -0.390 e. The van der Waals surface area contributed by atoms with Crippen LogP contribution >= 0.6 is 0 Å². The van der Waals surface area contributed by atoms with E-state index in [1.807, 2.05) is 45.9 Å². The predicted octanol–water partition coefficient (Wildman–Crippen LogP) is 3.75. The molecule has 168 valence electrons. The molecule has 1 saturated carbocycles. The highest BCUT2D eigenvalue weighted by molar-refractivity contribution is 5.97. The van der Waals surface area contributed by atoms with E-state index >= 15 is 0 Å². The summed E-state index contributed by atoms with van der Waals surface area (Å²) >= 11 is 0. The Hall–Kier alpha value is -2.60. The summed E-state index contributed by atoms with van der Waals surface area (Å²) in [7, 11) is 0. The van der Waals surface area contributed by atoms with Gasteiger partial charge in [-0.3, -0.25) is 9.59 Å². The maximum Gasteiger partial charge on any atom is 0.253 e. The number of aromatic nitrogens is 1. The lowest BCUT2D eigenvalue weighted by atomic mass is 9.82. The van der Waals surface area contributed by atoms with Crippen LogP contribution in [0.5, 0.6) is 0 Å². The molecule has 0 aliphatic heterocycles. The number of benzene rings is 1. The third kappa shape index (κ3) is 5.18. The molecule has 2 aromatic rings. The number of anilines is 1. The molecule has 6 heteroatoms. The fraction of sp³-hybridized carbons (Fsp3) is 0.520. The largest absolute Gasteiger partial charge is 0.390 e. The average molecular weight is 426 g/mol. The minimum absolute atomic E-state index is 0.159. The van der Waals surface area contributed by atoms with Gasteiger partial charge in [0.15, 0.2) is 0 Å². The number of aromatic amines is 1. The van der Waals surface area contributed by atoms with Crippen molar-refractivity contribution < 1.29 is 9.90 Å². The van der Waals surface area contributed by atoms with Gasteiger partial charge in [0.05, 0.1) is 5.60 Å². The summed E-state index contributed by atoms with van der Waals surface area (Å²) in [6, 6.07) is 8.09. The molecule has 0 spiro atoms. The van der Waals surface area contributed by atoms with Crippen LogP contribution in [-0.4, -0.2) is 34.2 Å². The van der Waals surface area contributed by atoms with E-state index in [4.69, 9.17) is 0 Å². The summed E-state index contributed by atoms with van der Waals surface area (Å²) in [4.78, 5) is 30.4. The molecule has 3 rings (SSSR count). The van der Waals surface area contributed by atoms with E-state index < -0.39 is 5.60 Å². The second-order valence-corrected chi connectivity index (χ2v) is 9.09. The van der Waals surface area contributed by atoms with Crippen LogP contribution in [0.15, 0.2) is 29.1 Å². The summed E-state index contributed by atoms with van der Waals surface area (Å²) in [5.41, 5.74) is 4.16. The van der Waals surface area contributed by atoms with Crippen LogP contribution in [0.2, 0.25) is 0 Å². The zero-order chi connectivity index (χ0) is 22.8. The van der Waals surface area contributed by atoms with Crippen LogP contribution in [0.25, 0.3) is 0 Å². The van der Waals surface area contributed by atoms with Crippen LogP contribution in [0.4, 0.5) is 5.69 Å².